The summed E-state index contributed by atoms with van der Waals surface area (Å²) in [5.41, 5.74) is 5.06. The number of hydrogen-bond donors (Lipinski definition) is 3. The number of aromatic hydroxyl groups is 2. The first kappa shape index (κ1) is 28.4. The minimum Gasteiger partial charge on any atom is -0.507 e. The maximum Gasteiger partial charge on any atom is 0.274 e. The van der Waals surface area contributed by atoms with E-state index in [9.17, 15) is 15.0 Å². The Hall–Kier alpha value is -4.14. The quantitative estimate of drug-likeness (QED) is 0.258. The average Bonchev–Trinajstić information content (AvgIpc) is 3.39. The molecule has 8 nitrogen and oxygen atoms in total. The summed E-state index contributed by atoms with van der Waals surface area (Å²) >= 11 is 0. The number of rotatable bonds is 7. The first-order valence-electron chi connectivity index (χ1n) is 14.0. The number of nitrogens with zero attached hydrogens (tertiary/aromatic N) is 2. The number of morpholine rings is 1. The second-order valence-corrected chi connectivity index (χ2v) is 11.4. The molecular formula is C33H37N3O5. The van der Waals surface area contributed by atoms with Gasteiger partial charge in [-0.3, -0.25) is 9.69 Å². The summed E-state index contributed by atoms with van der Waals surface area (Å²) in [5.74, 6) is -0.352. The second-order valence-electron chi connectivity index (χ2n) is 11.4. The van der Waals surface area contributed by atoms with Crippen LogP contribution in [0.3, 0.4) is 0 Å². The Morgan fingerprint density at radius 3 is 2.32 bits per heavy atom. The van der Waals surface area contributed by atoms with Crippen LogP contribution < -0.4 is 5.32 Å². The van der Waals surface area contributed by atoms with Crippen molar-refractivity contribution in [3.8, 4) is 45.1 Å². The molecule has 3 N–H and O–H groups in total. The molecular weight excluding hydrogens is 518 g/mol. The van der Waals surface area contributed by atoms with E-state index in [1.807, 2.05) is 55.5 Å². The van der Waals surface area contributed by atoms with Gasteiger partial charge in [0.15, 0.2) is 11.5 Å². The summed E-state index contributed by atoms with van der Waals surface area (Å²) in [6.45, 7) is 12.6. The van der Waals surface area contributed by atoms with Crippen molar-refractivity contribution in [2.24, 2.45) is 0 Å². The number of aromatic nitrogens is 1. The van der Waals surface area contributed by atoms with E-state index in [0.29, 0.717) is 23.2 Å². The van der Waals surface area contributed by atoms with Crippen molar-refractivity contribution in [1.82, 2.24) is 15.4 Å². The number of hydrogen-bond acceptors (Lipinski definition) is 7. The van der Waals surface area contributed by atoms with E-state index < -0.39 is 0 Å². The summed E-state index contributed by atoms with van der Waals surface area (Å²) < 4.78 is 11.2. The van der Waals surface area contributed by atoms with Gasteiger partial charge in [0, 0.05) is 37.8 Å². The minimum atomic E-state index is -0.369. The molecule has 3 aromatic carbocycles. The third-order valence-electron chi connectivity index (χ3n) is 7.38. The zero-order chi connectivity index (χ0) is 29.1. The monoisotopic (exact) mass is 555 g/mol. The molecule has 4 aromatic rings. The van der Waals surface area contributed by atoms with Crippen molar-refractivity contribution in [3.63, 3.8) is 0 Å². The van der Waals surface area contributed by atoms with Crippen molar-refractivity contribution in [3.05, 3.63) is 77.5 Å². The van der Waals surface area contributed by atoms with E-state index in [0.717, 1.165) is 55.1 Å². The summed E-state index contributed by atoms with van der Waals surface area (Å²) in [6, 6.07) is 18.8. The summed E-state index contributed by atoms with van der Waals surface area (Å²) in [5, 5.41) is 28.9. The average molecular weight is 556 g/mol. The number of benzene rings is 3. The number of phenols is 2. The lowest BCUT2D eigenvalue weighted by molar-refractivity contribution is 0.0342. The molecule has 1 aliphatic rings. The van der Waals surface area contributed by atoms with Gasteiger partial charge in [-0.1, -0.05) is 74.5 Å². The molecule has 1 saturated heterocycles. The summed E-state index contributed by atoms with van der Waals surface area (Å²) in [6.07, 6.45) is 0. The molecule has 0 unspecified atom stereocenters. The Bertz CT molecular complexity index is 1530. The fourth-order valence-corrected chi connectivity index (χ4v) is 5.28. The van der Waals surface area contributed by atoms with Gasteiger partial charge in [-0.25, -0.2) is 0 Å². The van der Waals surface area contributed by atoms with Gasteiger partial charge in [-0.15, -0.1) is 0 Å². The van der Waals surface area contributed by atoms with Crippen molar-refractivity contribution in [1.29, 1.82) is 0 Å². The lowest BCUT2D eigenvalue weighted by Crippen LogP contribution is -2.35. The number of carbonyl (C=O) groups excluding carboxylic acids is 1. The topological polar surface area (TPSA) is 108 Å². The Morgan fingerprint density at radius 2 is 1.63 bits per heavy atom. The molecule has 1 aliphatic heterocycles. The van der Waals surface area contributed by atoms with E-state index >= 15 is 0 Å². The first-order valence-corrected chi connectivity index (χ1v) is 14.0. The Kier molecular flexibility index (Phi) is 8.15. The fraction of sp³-hybridized carbons (Fsp3) is 0.333. The number of ether oxygens (including phenoxy) is 1. The SMILES string of the molecule is CCNC(=O)c1noc(-c2cc(-c3ccccc3C(C)(C)C)c(O)cc2O)c1-c1ccc(CN2CCOCC2)cc1. The smallest absolute Gasteiger partial charge is 0.274 e. The molecule has 0 saturated carbocycles. The molecule has 0 atom stereocenters. The van der Waals surface area contributed by atoms with E-state index in [1.54, 1.807) is 6.07 Å². The van der Waals surface area contributed by atoms with Crippen LogP contribution in [-0.4, -0.2) is 59.0 Å². The highest BCUT2D eigenvalue weighted by Crippen LogP contribution is 2.46. The highest BCUT2D eigenvalue weighted by molar-refractivity contribution is 6.03. The lowest BCUT2D eigenvalue weighted by Gasteiger charge is -2.26. The van der Waals surface area contributed by atoms with Gasteiger partial charge in [0.2, 0.25) is 0 Å². The minimum absolute atomic E-state index is 0.0552. The maximum atomic E-state index is 13.0. The molecule has 1 aromatic heterocycles. The van der Waals surface area contributed by atoms with Crippen LogP contribution in [0.25, 0.3) is 33.6 Å². The predicted octanol–water partition coefficient (Wildman–Crippen LogP) is 5.97. The molecule has 0 aliphatic carbocycles. The Balaban J connectivity index is 1.61. The van der Waals surface area contributed by atoms with Gasteiger partial charge in [0.25, 0.3) is 5.91 Å². The zero-order valence-electron chi connectivity index (χ0n) is 24.0. The lowest BCUT2D eigenvalue weighted by atomic mass is 9.81. The molecule has 214 valence electrons. The first-order chi connectivity index (χ1) is 19.7. The van der Waals surface area contributed by atoms with E-state index in [-0.39, 0.29) is 34.3 Å². The third-order valence-corrected chi connectivity index (χ3v) is 7.38. The summed E-state index contributed by atoms with van der Waals surface area (Å²) in [4.78, 5) is 15.4. The third kappa shape index (κ3) is 5.99. The van der Waals surface area contributed by atoms with Crippen molar-refractivity contribution >= 4 is 5.91 Å². The largest absolute Gasteiger partial charge is 0.507 e. The highest BCUT2D eigenvalue weighted by atomic mass is 16.5. The van der Waals surface area contributed by atoms with Gasteiger partial charge < -0.3 is 24.8 Å². The Labute approximate surface area is 240 Å². The second kappa shape index (κ2) is 11.8. The van der Waals surface area contributed by atoms with Crippen molar-refractivity contribution in [2.45, 2.75) is 39.7 Å². The maximum absolute atomic E-state index is 13.0. The molecule has 1 amide bonds. The summed E-state index contributed by atoms with van der Waals surface area (Å²) in [7, 11) is 0. The van der Waals surface area contributed by atoms with Crippen LogP contribution in [-0.2, 0) is 16.7 Å². The number of carbonyl (C=O) groups is 1. The number of phenolic OH excluding ortho intramolecular Hbond substituents is 2. The van der Waals surface area contributed by atoms with Gasteiger partial charge in [-0.2, -0.15) is 0 Å². The van der Waals surface area contributed by atoms with E-state index in [2.05, 4.69) is 36.1 Å². The molecule has 2 heterocycles. The van der Waals surface area contributed by atoms with Crippen LogP contribution >= 0.6 is 0 Å². The highest BCUT2D eigenvalue weighted by Gasteiger charge is 2.28. The van der Waals surface area contributed by atoms with E-state index in [4.69, 9.17) is 9.26 Å². The normalized spacial score (nSPS) is 14.2. The van der Waals surface area contributed by atoms with Gasteiger partial charge in [-0.05, 0) is 40.7 Å². The van der Waals surface area contributed by atoms with Gasteiger partial charge in [0.1, 0.15) is 11.5 Å². The molecule has 41 heavy (non-hydrogen) atoms. The standard InChI is InChI=1S/C33H37N3O5/c1-5-34-32(39)30-29(22-12-10-21(11-13-22)20-36-14-16-40-17-15-36)31(41-35-30)25-18-24(27(37)19-28(25)38)23-8-6-7-9-26(23)33(2,3)4/h6-13,18-19,37-38H,5,14-17,20H2,1-4H3,(H,34,39). The van der Waals surface area contributed by atoms with Crippen molar-refractivity contribution < 1.29 is 24.3 Å². The molecule has 0 bridgehead atoms. The Morgan fingerprint density at radius 1 is 0.951 bits per heavy atom. The number of amides is 1. The van der Waals surface area contributed by atoms with Crippen LogP contribution in [0.2, 0.25) is 0 Å². The molecule has 1 fully saturated rings. The number of nitrogens with one attached hydrogen (secondary N) is 1. The van der Waals surface area contributed by atoms with Crippen LogP contribution in [0, 0.1) is 0 Å². The van der Waals surface area contributed by atoms with Crippen LogP contribution in [0.5, 0.6) is 11.5 Å². The molecule has 0 spiro atoms. The van der Waals surface area contributed by atoms with Gasteiger partial charge >= 0.3 is 0 Å². The molecule has 8 heteroatoms. The predicted molar refractivity (Wildman–Crippen MR) is 159 cm³/mol. The van der Waals surface area contributed by atoms with Crippen LogP contribution in [0.1, 0.15) is 49.3 Å². The zero-order valence-corrected chi connectivity index (χ0v) is 24.0. The molecule has 0 radical (unpaired) electrons. The molecule has 5 rings (SSSR count). The van der Waals surface area contributed by atoms with Crippen LogP contribution in [0.15, 0.2) is 65.2 Å². The van der Waals surface area contributed by atoms with Gasteiger partial charge in [0.05, 0.1) is 24.3 Å². The van der Waals surface area contributed by atoms with E-state index in [1.165, 1.54) is 6.07 Å². The van der Waals surface area contributed by atoms with Crippen LogP contribution in [0.4, 0.5) is 0 Å². The van der Waals surface area contributed by atoms with Crippen molar-refractivity contribution in [2.75, 3.05) is 32.8 Å². The fourth-order valence-electron chi connectivity index (χ4n) is 5.28.